The van der Waals surface area contributed by atoms with Gasteiger partial charge in [0.2, 0.25) is 17.7 Å². The summed E-state index contributed by atoms with van der Waals surface area (Å²) < 4.78 is 0. The number of nitrogens with two attached hydrogens (primary N) is 1. The molecule has 0 bridgehead atoms. The Bertz CT molecular complexity index is 397. The minimum absolute atomic E-state index is 0.112. The summed E-state index contributed by atoms with van der Waals surface area (Å²) in [5, 5.41) is 4.94. The molecule has 0 aromatic rings. The van der Waals surface area contributed by atoms with E-state index < -0.39 is 11.9 Å². The molecule has 0 aromatic carbocycles. The SMILES string of the molecule is NC1CCCC(CCC(=O)NC2CCC(=O)NC2=O)C1. The van der Waals surface area contributed by atoms with Crippen LogP contribution in [0.25, 0.3) is 0 Å². The number of carbonyl (C=O) groups excluding carboxylic acids is 3. The van der Waals surface area contributed by atoms with Gasteiger partial charge >= 0.3 is 0 Å². The molecule has 4 N–H and O–H groups in total. The molecule has 1 saturated heterocycles. The fraction of sp³-hybridized carbons (Fsp3) is 0.786. The van der Waals surface area contributed by atoms with Crippen LogP contribution in [0.15, 0.2) is 0 Å². The molecule has 1 saturated carbocycles. The third-order valence-corrected chi connectivity index (χ3v) is 4.18. The zero-order valence-corrected chi connectivity index (χ0v) is 11.7. The fourth-order valence-corrected chi connectivity index (χ4v) is 3.03. The van der Waals surface area contributed by atoms with Crippen LogP contribution < -0.4 is 16.4 Å². The lowest BCUT2D eigenvalue weighted by Crippen LogP contribution is -2.52. The minimum Gasteiger partial charge on any atom is -0.344 e. The monoisotopic (exact) mass is 281 g/mol. The molecule has 3 atom stereocenters. The normalized spacial score (nSPS) is 30.8. The number of piperidine rings is 1. The maximum absolute atomic E-state index is 11.9. The number of imide groups is 1. The molecule has 2 aliphatic rings. The molecule has 20 heavy (non-hydrogen) atoms. The van der Waals surface area contributed by atoms with Crippen molar-refractivity contribution < 1.29 is 14.4 Å². The number of amides is 3. The Hall–Kier alpha value is -1.43. The predicted octanol–water partition coefficient (Wildman–Crippen LogP) is 0.206. The average Bonchev–Trinajstić information content (AvgIpc) is 2.40. The molecule has 1 aliphatic heterocycles. The van der Waals surface area contributed by atoms with E-state index in [1.54, 1.807) is 0 Å². The summed E-state index contributed by atoms with van der Waals surface area (Å²) in [5.74, 6) is -0.254. The highest BCUT2D eigenvalue weighted by Gasteiger charge is 2.28. The van der Waals surface area contributed by atoms with Crippen LogP contribution in [0.2, 0.25) is 0 Å². The standard InChI is InChI=1S/C14H23N3O3/c15-10-3-1-2-9(8-10)4-6-12(18)16-11-5-7-13(19)17-14(11)20/h9-11H,1-8,15H2,(H,16,18)(H,17,19,20). The van der Waals surface area contributed by atoms with Crippen molar-refractivity contribution in [3.8, 4) is 0 Å². The largest absolute Gasteiger partial charge is 0.344 e. The number of carbonyl (C=O) groups is 3. The van der Waals surface area contributed by atoms with Crippen molar-refractivity contribution in [2.45, 2.75) is 63.5 Å². The second-order valence-electron chi connectivity index (χ2n) is 5.90. The molecule has 2 rings (SSSR count). The first-order valence-electron chi connectivity index (χ1n) is 7.43. The lowest BCUT2D eigenvalue weighted by molar-refractivity contribution is -0.137. The summed E-state index contributed by atoms with van der Waals surface area (Å²) in [7, 11) is 0. The van der Waals surface area contributed by atoms with E-state index in [2.05, 4.69) is 10.6 Å². The zero-order chi connectivity index (χ0) is 14.5. The topological polar surface area (TPSA) is 101 Å². The lowest BCUT2D eigenvalue weighted by atomic mass is 9.83. The van der Waals surface area contributed by atoms with Gasteiger partial charge in [-0.2, -0.15) is 0 Å². The Balaban J connectivity index is 1.70. The highest BCUT2D eigenvalue weighted by Crippen LogP contribution is 2.26. The van der Waals surface area contributed by atoms with Crippen LogP contribution in [0.1, 0.15) is 51.4 Å². The molecule has 6 nitrogen and oxygen atoms in total. The second kappa shape index (κ2) is 6.83. The van der Waals surface area contributed by atoms with Crippen molar-refractivity contribution in [3.05, 3.63) is 0 Å². The van der Waals surface area contributed by atoms with Crippen LogP contribution in [0.5, 0.6) is 0 Å². The summed E-state index contributed by atoms with van der Waals surface area (Å²) >= 11 is 0. The summed E-state index contributed by atoms with van der Waals surface area (Å²) in [6, 6.07) is -0.291. The van der Waals surface area contributed by atoms with Gasteiger partial charge in [0, 0.05) is 18.9 Å². The highest BCUT2D eigenvalue weighted by molar-refractivity contribution is 6.01. The summed E-state index contributed by atoms with van der Waals surface area (Å²) in [4.78, 5) is 34.4. The molecule has 3 unspecified atom stereocenters. The molecule has 0 radical (unpaired) electrons. The van der Waals surface area contributed by atoms with Gasteiger partial charge in [-0.3, -0.25) is 19.7 Å². The Kier molecular flexibility index (Phi) is 5.11. The van der Waals surface area contributed by atoms with Crippen LogP contribution in [0.3, 0.4) is 0 Å². The molecular formula is C14H23N3O3. The van der Waals surface area contributed by atoms with Gasteiger partial charge < -0.3 is 11.1 Å². The third-order valence-electron chi connectivity index (χ3n) is 4.18. The van der Waals surface area contributed by atoms with Gasteiger partial charge in [0.05, 0.1) is 0 Å². The second-order valence-corrected chi connectivity index (χ2v) is 5.90. The van der Waals surface area contributed by atoms with E-state index in [1.807, 2.05) is 0 Å². The first kappa shape index (κ1) is 15.0. The van der Waals surface area contributed by atoms with Crippen LogP contribution in [-0.4, -0.2) is 29.8 Å². The average molecular weight is 281 g/mol. The molecule has 1 aliphatic carbocycles. The van der Waals surface area contributed by atoms with Gasteiger partial charge in [-0.1, -0.05) is 12.8 Å². The van der Waals surface area contributed by atoms with Gasteiger partial charge in [-0.15, -0.1) is 0 Å². The van der Waals surface area contributed by atoms with Gasteiger partial charge in [-0.25, -0.2) is 0 Å². The summed E-state index contributed by atoms with van der Waals surface area (Å²) in [5.41, 5.74) is 5.93. The van der Waals surface area contributed by atoms with E-state index in [0.717, 1.165) is 32.1 Å². The smallest absolute Gasteiger partial charge is 0.249 e. The Morgan fingerprint density at radius 1 is 1.30 bits per heavy atom. The highest BCUT2D eigenvalue weighted by atomic mass is 16.2. The summed E-state index contributed by atoms with van der Waals surface area (Å²) in [6.45, 7) is 0. The molecule has 0 aromatic heterocycles. The number of hydrogen-bond donors (Lipinski definition) is 3. The van der Waals surface area contributed by atoms with Crippen molar-refractivity contribution in [2.75, 3.05) is 0 Å². The molecule has 1 heterocycles. The molecule has 112 valence electrons. The Morgan fingerprint density at radius 3 is 2.80 bits per heavy atom. The van der Waals surface area contributed by atoms with Gasteiger partial charge in [0.1, 0.15) is 6.04 Å². The van der Waals surface area contributed by atoms with Crippen LogP contribution in [-0.2, 0) is 14.4 Å². The first-order chi connectivity index (χ1) is 9.54. The number of hydrogen-bond acceptors (Lipinski definition) is 4. The fourth-order valence-electron chi connectivity index (χ4n) is 3.03. The first-order valence-corrected chi connectivity index (χ1v) is 7.43. The van der Waals surface area contributed by atoms with Crippen molar-refractivity contribution in [2.24, 2.45) is 11.7 Å². The van der Waals surface area contributed by atoms with E-state index in [1.165, 1.54) is 0 Å². The predicted molar refractivity (Wildman–Crippen MR) is 73.5 cm³/mol. The van der Waals surface area contributed by atoms with Crippen LogP contribution in [0.4, 0.5) is 0 Å². The van der Waals surface area contributed by atoms with Gasteiger partial charge in [0.15, 0.2) is 0 Å². The Labute approximate surface area is 118 Å². The van der Waals surface area contributed by atoms with E-state index >= 15 is 0 Å². The van der Waals surface area contributed by atoms with E-state index in [0.29, 0.717) is 18.8 Å². The summed E-state index contributed by atoms with van der Waals surface area (Å²) in [6.07, 6.45) is 6.28. The van der Waals surface area contributed by atoms with E-state index in [9.17, 15) is 14.4 Å². The molecule has 0 spiro atoms. The minimum atomic E-state index is -0.561. The molecule has 3 amide bonds. The van der Waals surface area contributed by atoms with Crippen molar-refractivity contribution >= 4 is 17.7 Å². The Morgan fingerprint density at radius 2 is 2.10 bits per heavy atom. The maximum atomic E-state index is 11.9. The lowest BCUT2D eigenvalue weighted by Gasteiger charge is -2.27. The maximum Gasteiger partial charge on any atom is 0.249 e. The van der Waals surface area contributed by atoms with E-state index in [4.69, 9.17) is 5.73 Å². The van der Waals surface area contributed by atoms with Crippen molar-refractivity contribution in [1.82, 2.24) is 10.6 Å². The van der Waals surface area contributed by atoms with E-state index in [-0.39, 0.29) is 24.3 Å². The van der Waals surface area contributed by atoms with Crippen molar-refractivity contribution in [1.29, 1.82) is 0 Å². The number of nitrogens with one attached hydrogen (secondary N) is 2. The van der Waals surface area contributed by atoms with Crippen LogP contribution in [0, 0.1) is 5.92 Å². The van der Waals surface area contributed by atoms with Gasteiger partial charge in [-0.05, 0) is 31.6 Å². The quantitative estimate of drug-likeness (QED) is 0.641. The van der Waals surface area contributed by atoms with Crippen molar-refractivity contribution in [3.63, 3.8) is 0 Å². The molecular weight excluding hydrogens is 258 g/mol. The molecule has 2 fully saturated rings. The third kappa shape index (κ3) is 4.30. The number of rotatable bonds is 4. The van der Waals surface area contributed by atoms with Gasteiger partial charge in [0.25, 0.3) is 0 Å². The molecule has 6 heteroatoms. The van der Waals surface area contributed by atoms with Crippen LogP contribution >= 0.6 is 0 Å². The zero-order valence-electron chi connectivity index (χ0n) is 11.7.